The second-order valence-corrected chi connectivity index (χ2v) is 4.51. The van der Waals surface area contributed by atoms with E-state index in [1.807, 2.05) is 38.1 Å². The first-order valence-corrected chi connectivity index (χ1v) is 6.35. The average molecular weight is 259 g/mol. The summed E-state index contributed by atoms with van der Waals surface area (Å²) < 4.78 is 18.7. The summed E-state index contributed by atoms with van der Waals surface area (Å²) >= 11 is 0. The van der Waals surface area contributed by atoms with Crippen molar-refractivity contribution in [1.82, 2.24) is 0 Å². The SMILES string of the molecule is Cc1cccc(C)c1OCCNc1cccc(F)c1. The fourth-order valence-electron chi connectivity index (χ4n) is 1.97. The molecular formula is C16H18FNO. The number of hydrogen-bond donors (Lipinski definition) is 1. The number of aryl methyl sites for hydroxylation is 2. The van der Waals surface area contributed by atoms with Crippen LogP contribution in [0.25, 0.3) is 0 Å². The summed E-state index contributed by atoms with van der Waals surface area (Å²) in [4.78, 5) is 0. The Balaban J connectivity index is 1.84. The van der Waals surface area contributed by atoms with Crippen LogP contribution in [-0.4, -0.2) is 13.2 Å². The van der Waals surface area contributed by atoms with Crippen LogP contribution in [0.1, 0.15) is 11.1 Å². The molecule has 0 atom stereocenters. The second kappa shape index (κ2) is 6.23. The summed E-state index contributed by atoms with van der Waals surface area (Å²) in [6.45, 7) is 5.24. The van der Waals surface area contributed by atoms with E-state index in [4.69, 9.17) is 4.74 Å². The summed E-state index contributed by atoms with van der Waals surface area (Å²) in [7, 11) is 0. The predicted molar refractivity (Wildman–Crippen MR) is 76.3 cm³/mol. The third-order valence-corrected chi connectivity index (χ3v) is 2.91. The van der Waals surface area contributed by atoms with E-state index in [2.05, 4.69) is 5.32 Å². The molecule has 0 radical (unpaired) electrons. The Morgan fingerprint density at radius 3 is 2.42 bits per heavy atom. The van der Waals surface area contributed by atoms with Crippen molar-refractivity contribution in [2.45, 2.75) is 13.8 Å². The van der Waals surface area contributed by atoms with Crippen molar-refractivity contribution in [2.75, 3.05) is 18.5 Å². The molecule has 0 aromatic heterocycles. The van der Waals surface area contributed by atoms with E-state index in [1.54, 1.807) is 6.07 Å². The first-order chi connectivity index (χ1) is 9.16. The summed E-state index contributed by atoms with van der Waals surface area (Å²) in [6.07, 6.45) is 0. The molecule has 0 bridgehead atoms. The molecule has 0 heterocycles. The lowest BCUT2D eigenvalue weighted by Crippen LogP contribution is -2.12. The topological polar surface area (TPSA) is 21.3 Å². The minimum Gasteiger partial charge on any atom is -0.491 e. The molecule has 0 unspecified atom stereocenters. The third-order valence-electron chi connectivity index (χ3n) is 2.91. The maximum Gasteiger partial charge on any atom is 0.125 e. The first-order valence-electron chi connectivity index (χ1n) is 6.35. The largest absolute Gasteiger partial charge is 0.491 e. The molecule has 3 heteroatoms. The Morgan fingerprint density at radius 1 is 1.05 bits per heavy atom. The smallest absolute Gasteiger partial charge is 0.125 e. The zero-order chi connectivity index (χ0) is 13.7. The van der Waals surface area contributed by atoms with Gasteiger partial charge in [-0.3, -0.25) is 0 Å². The lowest BCUT2D eigenvalue weighted by atomic mass is 10.1. The van der Waals surface area contributed by atoms with Crippen molar-refractivity contribution < 1.29 is 9.13 Å². The molecule has 0 aliphatic rings. The van der Waals surface area contributed by atoms with Crippen molar-refractivity contribution in [1.29, 1.82) is 0 Å². The van der Waals surface area contributed by atoms with E-state index in [-0.39, 0.29) is 5.82 Å². The summed E-state index contributed by atoms with van der Waals surface area (Å²) in [5.41, 5.74) is 3.03. The van der Waals surface area contributed by atoms with Gasteiger partial charge in [-0.25, -0.2) is 4.39 Å². The van der Waals surface area contributed by atoms with E-state index in [0.29, 0.717) is 13.2 Å². The number of anilines is 1. The Morgan fingerprint density at radius 2 is 1.74 bits per heavy atom. The predicted octanol–water partition coefficient (Wildman–Crippen LogP) is 3.93. The van der Waals surface area contributed by atoms with E-state index < -0.39 is 0 Å². The zero-order valence-electron chi connectivity index (χ0n) is 11.2. The van der Waals surface area contributed by atoms with Gasteiger partial charge < -0.3 is 10.1 Å². The molecule has 19 heavy (non-hydrogen) atoms. The highest BCUT2D eigenvalue weighted by atomic mass is 19.1. The first kappa shape index (κ1) is 13.4. The molecule has 2 aromatic rings. The lowest BCUT2D eigenvalue weighted by Gasteiger charge is -2.12. The second-order valence-electron chi connectivity index (χ2n) is 4.51. The van der Waals surface area contributed by atoms with E-state index >= 15 is 0 Å². The summed E-state index contributed by atoms with van der Waals surface area (Å²) in [5, 5.41) is 3.13. The van der Waals surface area contributed by atoms with Gasteiger partial charge in [0.2, 0.25) is 0 Å². The maximum atomic E-state index is 13.0. The molecule has 0 aliphatic carbocycles. The van der Waals surface area contributed by atoms with Gasteiger partial charge in [0.25, 0.3) is 0 Å². The van der Waals surface area contributed by atoms with Gasteiger partial charge >= 0.3 is 0 Å². The van der Waals surface area contributed by atoms with Crippen LogP contribution in [0.3, 0.4) is 0 Å². The Labute approximate surface area is 113 Å². The van der Waals surface area contributed by atoms with E-state index in [9.17, 15) is 4.39 Å². The van der Waals surface area contributed by atoms with Crippen LogP contribution in [0, 0.1) is 19.7 Å². The molecule has 2 nitrogen and oxygen atoms in total. The van der Waals surface area contributed by atoms with E-state index in [0.717, 1.165) is 22.6 Å². The van der Waals surface area contributed by atoms with Gasteiger partial charge in [0.15, 0.2) is 0 Å². The fraction of sp³-hybridized carbons (Fsp3) is 0.250. The molecule has 2 aromatic carbocycles. The molecule has 0 aliphatic heterocycles. The van der Waals surface area contributed by atoms with Crippen LogP contribution in [0.4, 0.5) is 10.1 Å². The maximum absolute atomic E-state index is 13.0. The number of ether oxygens (including phenoxy) is 1. The quantitative estimate of drug-likeness (QED) is 0.821. The molecule has 0 spiro atoms. The molecule has 0 amide bonds. The number of para-hydroxylation sites is 1. The van der Waals surface area contributed by atoms with Gasteiger partial charge in [-0.1, -0.05) is 24.3 Å². The number of halogens is 1. The van der Waals surface area contributed by atoms with Gasteiger partial charge in [-0.15, -0.1) is 0 Å². The van der Waals surface area contributed by atoms with Crippen molar-refractivity contribution in [3.8, 4) is 5.75 Å². The lowest BCUT2D eigenvalue weighted by molar-refractivity contribution is 0.328. The van der Waals surface area contributed by atoms with Crippen molar-refractivity contribution in [3.05, 3.63) is 59.4 Å². The minimum atomic E-state index is -0.235. The highest BCUT2D eigenvalue weighted by molar-refractivity contribution is 5.43. The summed E-state index contributed by atoms with van der Waals surface area (Å²) in [5.74, 6) is 0.698. The monoisotopic (exact) mass is 259 g/mol. The normalized spacial score (nSPS) is 10.3. The number of nitrogens with one attached hydrogen (secondary N) is 1. The Hall–Kier alpha value is -2.03. The molecule has 2 rings (SSSR count). The van der Waals surface area contributed by atoms with Crippen molar-refractivity contribution in [2.24, 2.45) is 0 Å². The van der Waals surface area contributed by atoms with Gasteiger partial charge in [-0.05, 0) is 43.2 Å². The van der Waals surface area contributed by atoms with Crippen molar-refractivity contribution in [3.63, 3.8) is 0 Å². The third kappa shape index (κ3) is 3.71. The van der Waals surface area contributed by atoms with Crippen LogP contribution in [-0.2, 0) is 0 Å². The molecule has 0 saturated carbocycles. The van der Waals surface area contributed by atoms with Crippen LogP contribution in [0.15, 0.2) is 42.5 Å². The van der Waals surface area contributed by atoms with Gasteiger partial charge in [0.05, 0.1) is 0 Å². The fourth-order valence-corrected chi connectivity index (χ4v) is 1.97. The number of hydrogen-bond acceptors (Lipinski definition) is 2. The molecular weight excluding hydrogens is 241 g/mol. The molecule has 0 fully saturated rings. The number of benzene rings is 2. The highest BCUT2D eigenvalue weighted by Crippen LogP contribution is 2.22. The highest BCUT2D eigenvalue weighted by Gasteiger charge is 2.02. The van der Waals surface area contributed by atoms with Crippen LogP contribution in [0.2, 0.25) is 0 Å². The van der Waals surface area contributed by atoms with Crippen molar-refractivity contribution >= 4 is 5.69 Å². The summed E-state index contributed by atoms with van der Waals surface area (Å²) in [6, 6.07) is 12.5. The standard InChI is InChI=1S/C16H18FNO/c1-12-5-3-6-13(2)16(12)19-10-9-18-15-8-4-7-14(17)11-15/h3-8,11,18H,9-10H2,1-2H3. The average Bonchev–Trinajstić information content (AvgIpc) is 2.37. The zero-order valence-corrected chi connectivity index (χ0v) is 11.2. The molecule has 1 N–H and O–H groups in total. The van der Waals surface area contributed by atoms with Gasteiger partial charge in [0, 0.05) is 12.2 Å². The van der Waals surface area contributed by atoms with E-state index in [1.165, 1.54) is 12.1 Å². The van der Waals surface area contributed by atoms with Crippen LogP contribution >= 0.6 is 0 Å². The van der Waals surface area contributed by atoms with Crippen LogP contribution < -0.4 is 10.1 Å². The molecule has 100 valence electrons. The number of rotatable bonds is 5. The minimum absolute atomic E-state index is 0.235. The van der Waals surface area contributed by atoms with Gasteiger partial charge in [-0.2, -0.15) is 0 Å². The Kier molecular flexibility index (Phi) is 4.39. The Bertz CT molecular complexity index is 534. The van der Waals surface area contributed by atoms with Crippen LogP contribution in [0.5, 0.6) is 5.75 Å². The molecule has 0 saturated heterocycles. The van der Waals surface area contributed by atoms with Gasteiger partial charge in [0.1, 0.15) is 18.2 Å².